The molecular formula is C23H21ClF3N5O3S. The summed E-state index contributed by atoms with van der Waals surface area (Å²) >= 11 is 0. The van der Waals surface area contributed by atoms with Crippen molar-refractivity contribution in [2.24, 2.45) is 0 Å². The minimum Gasteiger partial charge on any atom is -0.336 e. The number of hydrogen-bond donors (Lipinski definition) is 2. The average Bonchev–Trinajstić information content (AvgIpc) is 3.23. The van der Waals surface area contributed by atoms with Crippen molar-refractivity contribution in [3.8, 4) is 11.8 Å². The number of halogens is 4. The maximum absolute atomic E-state index is 14.0. The highest BCUT2D eigenvalue weighted by Gasteiger charge is 2.48. The van der Waals surface area contributed by atoms with Crippen LogP contribution in [0.15, 0.2) is 53.7 Å². The Morgan fingerprint density at radius 2 is 1.94 bits per heavy atom. The number of carbonyl (C=O) groups is 1. The minimum atomic E-state index is -4.93. The number of carbonyl (C=O) groups excluding carboxylic acids is 1. The second-order valence-corrected chi connectivity index (χ2v) is 11.0. The van der Waals surface area contributed by atoms with Crippen LogP contribution in [0.5, 0.6) is 0 Å². The Balaban J connectivity index is 0.00000304. The number of fused-ring (bicyclic) bond motifs is 1. The third kappa shape index (κ3) is 4.54. The summed E-state index contributed by atoms with van der Waals surface area (Å²) in [5.74, 6) is -0.528. The van der Waals surface area contributed by atoms with Gasteiger partial charge in [-0.1, -0.05) is 12.1 Å². The van der Waals surface area contributed by atoms with E-state index in [0.717, 1.165) is 12.1 Å². The minimum absolute atomic E-state index is 0. The number of nitriles is 1. The zero-order valence-corrected chi connectivity index (χ0v) is 20.3. The molecule has 2 aromatic carbocycles. The third-order valence-corrected chi connectivity index (χ3v) is 8.68. The van der Waals surface area contributed by atoms with E-state index in [4.69, 9.17) is 5.26 Å². The normalized spacial score (nSPS) is 20.9. The van der Waals surface area contributed by atoms with E-state index in [1.54, 1.807) is 24.3 Å². The summed E-state index contributed by atoms with van der Waals surface area (Å²) in [5, 5.41) is 13.3. The SMILES string of the molecule is Cl.N#CC1(NC(=O)[C@@H]2C[C@@H](S(=O)(=O)c3ccc(-n4cnc5ccccc54)cc3C(F)(F)F)CN2)CC1. The first-order valence-electron chi connectivity index (χ1n) is 10.9. The molecule has 1 saturated heterocycles. The van der Waals surface area contributed by atoms with E-state index in [-0.39, 0.29) is 31.1 Å². The monoisotopic (exact) mass is 539 g/mol. The zero-order chi connectivity index (χ0) is 25.0. The van der Waals surface area contributed by atoms with Gasteiger partial charge < -0.3 is 10.6 Å². The molecule has 2 atom stereocenters. The quantitative estimate of drug-likeness (QED) is 0.514. The zero-order valence-electron chi connectivity index (χ0n) is 18.6. The predicted octanol–water partition coefficient (Wildman–Crippen LogP) is 3.14. The topological polar surface area (TPSA) is 117 Å². The van der Waals surface area contributed by atoms with Crippen LogP contribution < -0.4 is 10.6 Å². The van der Waals surface area contributed by atoms with Crippen LogP contribution in [0.1, 0.15) is 24.8 Å². The molecule has 2 fully saturated rings. The highest BCUT2D eigenvalue weighted by Crippen LogP contribution is 2.39. The first kappa shape index (κ1) is 25.9. The molecule has 2 N–H and O–H groups in total. The molecule has 1 aliphatic heterocycles. The Labute approximate surface area is 210 Å². The Morgan fingerprint density at radius 3 is 2.61 bits per heavy atom. The van der Waals surface area contributed by atoms with E-state index < -0.39 is 49.2 Å². The lowest BCUT2D eigenvalue weighted by Gasteiger charge is -2.18. The molecule has 0 unspecified atom stereocenters. The fourth-order valence-electron chi connectivity index (χ4n) is 4.33. The van der Waals surface area contributed by atoms with Gasteiger partial charge in [0.05, 0.1) is 38.9 Å². The van der Waals surface area contributed by atoms with Crippen LogP contribution >= 0.6 is 12.4 Å². The summed E-state index contributed by atoms with van der Waals surface area (Å²) in [6.07, 6.45) is -2.72. The molecule has 2 aliphatic rings. The molecule has 0 bridgehead atoms. The van der Waals surface area contributed by atoms with Crippen molar-refractivity contribution in [3.63, 3.8) is 0 Å². The Morgan fingerprint density at radius 1 is 1.22 bits per heavy atom. The van der Waals surface area contributed by atoms with Crippen LogP contribution in [-0.2, 0) is 20.8 Å². The Bertz CT molecular complexity index is 1480. The lowest BCUT2D eigenvalue weighted by Crippen LogP contribution is -2.45. The number of benzene rings is 2. The van der Waals surface area contributed by atoms with E-state index in [1.165, 1.54) is 17.0 Å². The van der Waals surface area contributed by atoms with Crippen molar-refractivity contribution in [1.82, 2.24) is 20.2 Å². The van der Waals surface area contributed by atoms with Crippen molar-refractivity contribution >= 4 is 39.2 Å². The summed E-state index contributed by atoms with van der Waals surface area (Å²) in [6, 6.07) is 11.1. The van der Waals surface area contributed by atoms with Gasteiger partial charge >= 0.3 is 6.18 Å². The van der Waals surface area contributed by atoms with Crippen LogP contribution in [0.3, 0.4) is 0 Å². The molecule has 190 valence electrons. The number of hydrogen-bond acceptors (Lipinski definition) is 6. The molecule has 3 aromatic rings. The molecular weight excluding hydrogens is 519 g/mol. The molecule has 0 spiro atoms. The number of imidazole rings is 1. The summed E-state index contributed by atoms with van der Waals surface area (Å²) < 4.78 is 70.2. The molecule has 2 heterocycles. The Kier molecular flexibility index (Phi) is 6.53. The standard InChI is InChI=1S/C23H20F3N5O3S.ClH/c24-23(25,26)16-9-14(31-13-29-17-3-1-2-4-19(17)31)5-6-20(16)35(33,34)15-10-18(28-11-15)21(32)30-22(12-27)7-8-22;/h1-6,9,13,15,18,28H,7-8,10-11H2,(H,30,32);1H/t15-,18+;/m1./s1. The predicted molar refractivity (Wildman–Crippen MR) is 126 cm³/mol. The van der Waals surface area contributed by atoms with E-state index >= 15 is 0 Å². The first-order chi connectivity index (χ1) is 16.5. The van der Waals surface area contributed by atoms with Crippen molar-refractivity contribution in [2.45, 2.75) is 47.2 Å². The van der Waals surface area contributed by atoms with Gasteiger partial charge in [0.2, 0.25) is 5.91 Å². The van der Waals surface area contributed by atoms with Crippen LogP contribution in [-0.4, -0.2) is 47.3 Å². The van der Waals surface area contributed by atoms with Gasteiger partial charge in [0.15, 0.2) is 9.84 Å². The third-order valence-electron chi connectivity index (χ3n) is 6.48. The smallest absolute Gasteiger partial charge is 0.336 e. The number of nitrogens with zero attached hydrogens (tertiary/aromatic N) is 3. The van der Waals surface area contributed by atoms with Gasteiger partial charge in [-0.15, -0.1) is 12.4 Å². The molecule has 0 radical (unpaired) electrons. The number of alkyl halides is 3. The highest BCUT2D eigenvalue weighted by molar-refractivity contribution is 7.92. The fourth-order valence-corrected chi connectivity index (χ4v) is 6.19. The molecule has 1 saturated carbocycles. The number of amides is 1. The summed E-state index contributed by atoms with van der Waals surface area (Å²) in [6.45, 7) is -0.175. The van der Waals surface area contributed by atoms with Crippen molar-refractivity contribution < 1.29 is 26.4 Å². The second kappa shape index (κ2) is 9.06. The van der Waals surface area contributed by atoms with Crippen LogP contribution in [0.25, 0.3) is 16.7 Å². The lowest BCUT2D eigenvalue weighted by molar-refractivity contribution is -0.139. The number of aromatic nitrogens is 2. The van der Waals surface area contributed by atoms with Gasteiger partial charge in [0.25, 0.3) is 0 Å². The highest BCUT2D eigenvalue weighted by atomic mass is 35.5. The van der Waals surface area contributed by atoms with Crippen molar-refractivity contribution in [3.05, 3.63) is 54.4 Å². The molecule has 36 heavy (non-hydrogen) atoms. The maximum Gasteiger partial charge on any atom is 0.417 e. The van der Waals surface area contributed by atoms with E-state index in [2.05, 4.69) is 15.6 Å². The number of nitrogens with one attached hydrogen (secondary N) is 2. The van der Waals surface area contributed by atoms with Gasteiger partial charge in [-0.05, 0) is 49.6 Å². The van der Waals surface area contributed by atoms with Gasteiger partial charge in [-0.3, -0.25) is 9.36 Å². The van der Waals surface area contributed by atoms with Gasteiger partial charge in [0, 0.05) is 12.2 Å². The second-order valence-electron chi connectivity index (χ2n) is 8.83. The number of para-hydroxylation sites is 2. The van der Waals surface area contributed by atoms with Gasteiger partial charge in [-0.2, -0.15) is 18.4 Å². The summed E-state index contributed by atoms with van der Waals surface area (Å²) in [7, 11) is -4.43. The van der Waals surface area contributed by atoms with Crippen LogP contribution in [0.2, 0.25) is 0 Å². The molecule has 1 amide bonds. The van der Waals surface area contributed by atoms with Gasteiger partial charge in [-0.25, -0.2) is 13.4 Å². The largest absolute Gasteiger partial charge is 0.417 e. The van der Waals surface area contributed by atoms with E-state index in [0.29, 0.717) is 23.9 Å². The summed E-state index contributed by atoms with van der Waals surface area (Å²) in [5.41, 5.74) is -0.911. The summed E-state index contributed by atoms with van der Waals surface area (Å²) in [4.78, 5) is 15.8. The van der Waals surface area contributed by atoms with E-state index in [1.807, 2.05) is 6.07 Å². The molecule has 5 rings (SSSR count). The lowest BCUT2D eigenvalue weighted by atomic mass is 10.2. The van der Waals surface area contributed by atoms with Crippen molar-refractivity contribution in [1.29, 1.82) is 5.26 Å². The molecule has 1 aliphatic carbocycles. The molecule has 8 nitrogen and oxygen atoms in total. The number of sulfone groups is 1. The van der Waals surface area contributed by atoms with E-state index in [9.17, 15) is 26.4 Å². The van der Waals surface area contributed by atoms with Crippen LogP contribution in [0, 0.1) is 11.3 Å². The Hall–Kier alpha value is -3.14. The average molecular weight is 540 g/mol. The maximum atomic E-state index is 14.0. The number of rotatable bonds is 5. The first-order valence-corrected chi connectivity index (χ1v) is 12.4. The molecule has 1 aromatic heterocycles. The molecule has 13 heteroatoms. The fraction of sp³-hybridized carbons (Fsp3) is 0.348. The van der Waals surface area contributed by atoms with Crippen LogP contribution in [0.4, 0.5) is 13.2 Å². The van der Waals surface area contributed by atoms with Crippen molar-refractivity contribution in [2.75, 3.05) is 6.54 Å². The van der Waals surface area contributed by atoms with Gasteiger partial charge in [0.1, 0.15) is 11.9 Å².